The third-order valence-electron chi connectivity index (χ3n) is 6.14. The minimum Gasteiger partial charge on any atom is -0.338 e. The average molecular weight is 432 g/mol. The molecule has 3 aromatic rings. The Bertz CT molecular complexity index is 1240. The Morgan fingerprint density at radius 3 is 2.56 bits per heavy atom. The van der Waals surface area contributed by atoms with E-state index in [1.165, 1.54) is 36.5 Å². The van der Waals surface area contributed by atoms with E-state index in [0.717, 1.165) is 12.1 Å². The van der Waals surface area contributed by atoms with Gasteiger partial charge in [0, 0.05) is 55.3 Å². The quantitative estimate of drug-likeness (QED) is 0.690. The molecular weight excluding hydrogens is 411 g/mol. The first kappa shape index (κ1) is 20.1. The van der Waals surface area contributed by atoms with Crippen LogP contribution in [0.3, 0.4) is 0 Å². The topological polar surface area (TPSA) is 84.3 Å². The number of halogens is 1. The first-order valence-corrected chi connectivity index (χ1v) is 10.5. The number of piperidine rings is 1. The Labute approximate surface area is 183 Å². The van der Waals surface area contributed by atoms with Crippen LogP contribution in [-0.2, 0) is 6.54 Å². The van der Waals surface area contributed by atoms with Crippen molar-refractivity contribution in [3.63, 3.8) is 0 Å². The summed E-state index contributed by atoms with van der Waals surface area (Å²) in [4.78, 5) is 44.1. The van der Waals surface area contributed by atoms with Crippen LogP contribution in [0.1, 0.15) is 38.7 Å². The molecule has 1 saturated heterocycles. The lowest BCUT2D eigenvalue weighted by molar-refractivity contribution is 0.0595. The number of carbonyl (C=O) groups is 2. The molecule has 2 aliphatic rings. The summed E-state index contributed by atoms with van der Waals surface area (Å²) in [6.07, 6.45) is 3.90. The molecule has 4 heterocycles. The van der Waals surface area contributed by atoms with E-state index in [1.54, 1.807) is 33.9 Å². The monoisotopic (exact) mass is 432 g/mol. The van der Waals surface area contributed by atoms with Crippen LogP contribution in [-0.4, -0.2) is 39.4 Å². The summed E-state index contributed by atoms with van der Waals surface area (Å²) in [6.45, 7) is 1.44. The van der Waals surface area contributed by atoms with E-state index in [9.17, 15) is 18.8 Å². The zero-order chi connectivity index (χ0) is 22.2. The van der Waals surface area contributed by atoms with E-state index < -0.39 is 0 Å². The zero-order valence-electron chi connectivity index (χ0n) is 17.2. The molecule has 0 radical (unpaired) electrons. The molecule has 7 nitrogen and oxygen atoms in total. The predicted octanol–water partition coefficient (Wildman–Crippen LogP) is 2.89. The maximum Gasteiger partial charge on any atom is 0.257 e. The minimum absolute atomic E-state index is 0.0926. The minimum atomic E-state index is -0.389. The number of carbonyl (C=O) groups excluding carboxylic acids is 2. The molecule has 2 amide bonds. The van der Waals surface area contributed by atoms with Crippen molar-refractivity contribution >= 4 is 17.5 Å². The molecule has 162 valence electrons. The van der Waals surface area contributed by atoms with Crippen molar-refractivity contribution in [1.29, 1.82) is 0 Å². The van der Waals surface area contributed by atoms with Gasteiger partial charge in [-0.3, -0.25) is 19.4 Å². The summed E-state index contributed by atoms with van der Waals surface area (Å²) < 4.78 is 15.0. The maximum absolute atomic E-state index is 13.3. The van der Waals surface area contributed by atoms with Gasteiger partial charge >= 0.3 is 0 Å². The molecule has 2 aliphatic heterocycles. The summed E-state index contributed by atoms with van der Waals surface area (Å²) in [5.74, 6) is -0.818. The normalized spacial score (nSPS) is 19.2. The first-order chi connectivity index (χ1) is 15.5. The number of hydrogen-bond donors (Lipinski definition) is 1. The summed E-state index contributed by atoms with van der Waals surface area (Å²) in [7, 11) is 0. The number of hydrogen-bond acceptors (Lipinski definition) is 4. The molecule has 2 bridgehead atoms. The number of amides is 2. The Balaban J connectivity index is 1.45. The van der Waals surface area contributed by atoms with Gasteiger partial charge in [0.2, 0.25) is 0 Å². The standard InChI is InChI=1S/C24H21FN4O3/c25-19-5-3-16(4-6-19)24(32)28-12-15-10-18(14-28)22-20(7-8-21(30)29(22)13-15)27-23(31)17-2-1-9-26-11-17/h1-9,11,15,18H,10,12-14H2,(H,27,31)/t15-,18-/m0/s1. The van der Waals surface area contributed by atoms with E-state index in [1.807, 2.05) is 0 Å². The van der Waals surface area contributed by atoms with Gasteiger partial charge in [0.25, 0.3) is 17.4 Å². The summed E-state index contributed by atoms with van der Waals surface area (Å²) in [6, 6.07) is 12.0. The fourth-order valence-electron chi connectivity index (χ4n) is 4.75. The number of anilines is 1. The van der Waals surface area contributed by atoms with Crippen molar-refractivity contribution in [2.75, 3.05) is 18.4 Å². The lowest BCUT2D eigenvalue weighted by atomic mass is 9.82. The molecular formula is C24H21FN4O3. The summed E-state index contributed by atoms with van der Waals surface area (Å²) in [5, 5.41) is 2.92. The molecule has 32 heavy (non-hydrogen) atoms. The van der Waals surface area contributed by atoms with Crippen LogP contribution in [0.2, 0.25) is 0 Å². The molecule has 8 heteroatoms. The Morgan fingerprint density at radius 2 is 1.81 bits per heavy atom. The van der Waals surface area contributed by atoms with E-state index in [-0.39, 0.29) is 35.0 Å². The van der Waals surface area contributed by atoms with E-state index in [4.69, 9.17) is 0 Å². The number of aromatic nitrogens is 2. The van der Waals surface area contributed by atoms with Gasteiger partial charge in [0.05, 0.1) is 11.3 Å². The fourth-order valence-corrected chi connectivity index (χ4v) is 4.75. The second kappa shape index (κ2) is 8.03. The number of fused-ring (bicyclic) bond motifs is 4. The van der Waals surface area contributed by atoms with Gasteiger partial charge in [0.1, 0.15) is 5.82 Å². The summed E-state index contributed by atoms with van der Waals surface area (Å²) in [5.41, 5.74) is 2.04. The van der Waals surface area contributed by atoms with Crippen molar-refractivity contribution in [3.05, 3.63) is 93.9 Å². The molecule has 2 atom stereocenters. The highest BCUT2D eigenvalue weighted by Gasteiger charge is 2.38. The Morgan fingerprint density at radius 1 is 1.00 bits per heavy atom. The molecule has 0 saturated carbocycles. The van der Waals surface area contributed by atoms with Crippen molar-refractivity contribution < 1.29 is 14.0 Å². The van der Waals surface area contributed by atoms with Crippen LogP contribution in [0, 0.1) is 11.7 Å². The van der Waals surface area contributed by atoms with Crippen LogP contribution in [0.4, 0.5) is 10.1 Å². The predicted molar refractivity (Wildman–Crippen MR) is 116 cm³/mol. The molecule has 0 spiro atoms. The van der Waals surface area contributed by atoms with Gasteiger partial charge in [0.15, 0.2) is 0 Å². The highest BCUT2D eigenvalue weighted by atomic mass is 19.1. The van der Waals surface area contributed by atoms with E-state index >= 15 is 0 Å². The number of likely N-dealkylation sites (tertiary alicyclic amines) is 1. The number of nitrogens with zero attached hydrogens (tertiary/aromatic N) is 3. The van der Waals surface area contributed by atoms with Crippen LogP contribution in [0.5, 0.6) is 0 Å². The lowest BCUT2D eigenvalue weighted by Gasteiger charge is -2.43. The van der Waals surface area contributed by atoms with Crippen molar-refractivity contribution in [2.24, 2.45) is 5.92 Å². The van der Waals surface area contributed by atoms with Crippen molar-refractivity contribution in [1.82, 2.24) is 14.5 Å². The zero-order valence-corrected chi connectivity index (χ0v) is 17.2. The van der Waals surface area contributed by atoms with Crippen LogP contribution >= 0.6 is 0 Å². The smallest absolute Gasteiger partial charge is 0.257 e. The second-order valence-electron chi connectivity index (χ2n) is 8.29. The van der Waals surface area contributed by atoms with Gasteiger partial charge in [-0.05, 0) is 54.8 Å². The molecule has 1 fully saturated rings. The van der Waals surface area contributed by atoms with E-state index in [2.05, 4.69) is 10.3 Å². The molecule has 0 unspecified atom stereocenters. The largest absolute Gasteiger partial charge is 0.338 e. The van der Waals surface area contributed by atoms with Crippen molar-refractivity contribution in [2.45, 2.75) is 18.9 Å². The Hall–Kier alpha value is -3.81. The third-order valence-corrected chi connectivity index (χ3v) is 6.14. The van der Waals surface area contributed by atoms with Crippen molar-refractivity contribution in [3.8, 4) is 0 Å². The summed E-state index contributed by atoms with van der Waals surface area (Å²) >= 11 is 0. The maximum atomic E-state index is 13.3. The van der Waals surface area contributed by atoms with Gasteiger partial charge in [-0.2, -0.15) is 0 Å². The highest BCUT2D eigenvalue weighted by molar-refractivity contribution is 6.04. The number of pyridine rings is 2. The van der Waals surface area contributed by atoms with E-state index in [0.29, 0.717) is 36.4 Å². The SMILES string of the molecule is O=C(Nc1ccc(=O)n2c1[C@H]1C[C@@H](CN(C(=O)c3ccc(F)cc3)C1)C2)c1cccnc1. The van der Waals surface area contributed by atoms with Gasteiger partial charge in [-0.1, -0.05) is 0 Å². The molecule has 1 N–H and O–H groups in total. The van der Waals surface area contributed by atoms with Crippen LogP contribution < -0.4 is 10.9 Å². The average Bonchev–Trinajstić information content (AvgIpc) is 2.81. The molecule has 5 rings (SSSR count). The Kier molecular flexibility index (Phi) is 5.05. The number of rotatable bonds is 3. The van der Waals surface area contributed by atoms with Crippen LogP contribution in [0.15, 0.2) is 65.7 Å². The third kappa shape index (κ3) is 3.68. The molecule has 2 aromatic heterocycles. The van der Waals surface area contributed by atoms with Gasteiger partial charge < -0.3 is 14.8 Å². The molecule has 1 aromatic carbocycles. The van der Waals surface area contributed by atoms with Gasteiger partial charge in [-0.15, -0.1) is 0 Å². The second-order valence-corrected chi connectivity index (χ2v) is 8.29. The van der Waals surface area contributed by atoms with Gasteiger partial charge in [-0.25, -0.2) is 4.39 Å². The fraction of sp³-hybridized carbons (Fsp3) is 0.250. The number of nitrogens with one attached hydrogen (secondary N) is 1. The molecule has 0 aliphatic carbocycles. The lowest BCUT2D eigenvalue weighted by Crippen LogP contribution is -2.49. The number of benzene rings is 1. The first-order valence-electron chi connectivity index (χ1n) is 10.5. The highest BCUT2D eigenvalue weighted by Crippen LogP contribution is 2.39. The van der Waals surface area contributed by atoms with Crippen LogP contribution in [0.25, 0.3) is 0 Å².